The number of aliphatic carboxylic acids is 1. The lowest BCUT2D eigenvalue weighted by Gasteiger charge is -2.49. The summed E-state index contributed by atoms with van der Waals surface area (Å²) in [4.78, 5) is 51.7. The van der Waals surface area contributed by atoms with Gasteiger partial charge in [-0.3, -0.25) is 14.5 Å². The number of hydrogen-bond acceptors (Lipinski definition) is 13. The minimum Gasteiger partial charge on any atom is -0.477 e. The van der Waals surface area contributed by atoms with Crippen LogP contribution in [-0.2, 0) is 19.2 Å². The van der Waals surface area contributed by atoms with Gasteiger partial charge in [-0.1, -0.05) is 5.16 Å². The number of nitrogens with one attached hydrogen (secondary N) is 1. The molecular weight excluding hydrogens is 676 g/mol. The number of rotatable bonds is 9. The first-order chi connectivity index (χ1) is 19.1. The van der Waals surface area contributed by atoms with E-state index in [0.29, 0.717) is 0 Å². The highest BCUT2D eigenvalue weighted by molar-refractivity contribution is 8.00. The van der Waals surface area contributed by atoms with E-state index in [2.05, 4.69) is 34.8 Å². The van der Waals surface area contributed by atoms with Crippen LogP contribution in [0.15, 0.2) is 26.5 Å². The molecule has 1 saturated heterocycles. The van der Waals surface area contributed by atoms with Crippen LogP contribution in [0.3, 0.4) is 0 Å². The maximum Gasteiger partial charge on any atom is 0.353 e. The second-order valence-electron chi connectivity index (χ2n) is 9.00. The van der Waals surface area contributed by atoms with Crippen LogP contribution in [0.1, 0.15) is 31.5 Å². The number of guanidine groups is 1. The van der Waals surface area contributed by atoms with Crippen molar-refractivity contribution >= 4 is 101 Å². The van der Waals surface area contributed by atoms with E-state index in [0.717, 1.165) is 42.1 Å². The zero-order valence-electron chi connectivity index (χ0n) is 22.5. The molecule has 1 saturated carbocycles. The first kappa shape index (κ1) is 38.1. The van der Waals surface area contributed by atoms with Crippen LogP contribution in [0.4, 0.5) is 9.52 Å². The number of aliphatic imine (C=N–C) groups is 1. The molecule has 2 atom stereocenters. The van der Waals surface area contributed by atoms with Crippen molar-refractivity contribution in [2.24, 2.45) is 26.7 Å². The fraction of sp³-hybridized carbons (Fsp3) is 0.524. The highest BCUT2D eigenvalue weighted by Gasteiger charge is 2.54. The molecule has 1 aromatic rings. The number of nitrogens with zero attached hydrogens (tertiary/aromatic N) is 7. The third-order valence-corrected chi connectivity index (χ3v) is 8.18. The van der Waals surface area contributed by atoms with Crippen LogP contribution in [0.2, 0.25) is 0 Å². The molecule has 2 fully saturated rings. The molecule has 4 rings (SSSR count). The smallest absolute Gasteiger partial charge is 0.353 e. The summed E-state index contributed by atoms with van der Waals surface area (Å²) in [5.74, 6) is -2.80. The van der Waals surface area contributed by atoms with Crippen molar-refractivity contribution in [1.82, 2.24) is 24.6 Å². The van der Waals surface area contributed by atoms with Gasteiger partial charge in [0.15, 0.2) is 5.13 Å². The highest BCUT2D eigenvalue weighted by Crippen LogP contribution is 2.40. The van der Waals surface area contributed by atoms with Crippen molar-refractivity contribution in [3.8, 4) is 0 Å². The molecule has 1 aliphatic carbocycles. The van der Waals surface area contributed by atoms with Crippen molar-refractivity contribution in [2.75, 3.05) is 25.4 Å². The zero-order valence-corrected chi connectivity index (χ0v) is 26.6. The van der Waals surface area contributed by atoms with Crippen LogP contribution in [0, 0.1) is 0 Å². The van der Waals surface area contributed by atoms with Crippen molar-refractivity contribution in [2.45, 2.75) is 49.2 Å². The summed E-state index contributed by atoms with van der Waals surface area (Å²) in [5, 5.41) is 20.6. The molecule has 8 N–H and O–H groups in total. The number of hydrogen-bond donors (Lipinski definition) is 5. The van der Waals surface area contributed by atoms with Gasteiger partial charge in [-0.25, -0.2) is 19.2 Å². The van der Waals surface area contributed by atoms with Gasteiger partial charge in [0.25, 0.3) is 18.7 Å². The molecular formula is C21H31Cl3FN11O5S2. The van der Waals surface area contributed by atoms with Gasteiger partial charge in [-0.2, -0.15) is 14.5 Å². The Morgan fingerprint density at radius 1 is 1.28 bits per heavy atom. The monoisotopic (exact) mass is 705 g/mol. The van der Waals surface area contributed by atoms with Gasteiger partial charge in [0.1, 0.15) is 17.1 Å². The molecule has 3 heterocycles. The number of carbonyl (C=O) groups is 3. The van der Waals surface area contributed by atoms with Crippen molar-refractivity contribution in [3.05, 3.63) is 17.1 Å². The fourth-order valence-corrected chi connectivity index (χ4v) is 6.00. The fourth-order valence-electron chi connectivity index (χ4n) is 4.27. The Morgan fingerprint density at radius 2 is 1.95 bits per heavy atom. The lowest BCUT2D eigenvalue weighted by atomic mass is 9.92. The second kappa shape index (κ2) is 16.8. The Labute approximate surface area is 272 Å². The van der Waals surface area contributed by atoms with Crippen LogP contribution in [-0.4, -0.2) is 103 Å². The first-order valence-electron chi connectivity index (χ1n) is 12.0. The van der Waals surface area contributed by atoms with E-state index >= 15 is 0 Å². The van der Waals surface area contributed by atoms with Gasteiger partial charge in [0.05, 0.1) is 12.3 Å². The number of aromatic nitrogens is 2. The van der Waals surface area contributed by atoms with Crippen LogP contribution in [0.25, 0.3) is 0 Å². The Balaban J connectivity index is 0.00000308. The lowest BCUT2D eigenvalue weighted by molar-refractivity contribution is -0.150. The number of alkyl halides is 1. The summed E-state index contributed by atoms with van der Waals surface area (Å²) in [6, 6.07) is -0.874. The molecule has 2 aliphatic heterocycles. The maximum atomic E-state index is 13.0. The predicted octanol–water partition coefficient (Wildman–Crippen LogP) is 0.274. The number of halogens is 4. The maximum absolute atomic E-state index is 13.0. The summed E-state index contributed by atoms with van der Waals surface area (Å²) >= 11 is 2.00. The number of nitrogens with two attached hydrogens (primary N) is 3. The number of amides is 2. The highest BCUT2D eigenvalue weighted by atomic mass is 35.5. The molecule has 3 aliphatic rings. The van der Waals surface area contributed by atoms with Crippen molar-refractivity contribution in [1.29, 1.82) is 0 Å². The normalized spacial score (nSPS) is 23.7. The molecule has 16 nitrogen and oxygen atoms in total. The molecule has 0 spiro atoms. The van der Waals surface area contributed by atoms with E-state index in [9.17, 15) is 23.9 Å². The average molecular weight is 707 g/mol. The van der Waals surface area contributed by atoms with Crippen LogP contribution < -0.4 is 22.5 Å². The lowest BCUT2D eigenvalue weighted by Crippen LogP contribution is -2.71. The molecule has 0 bridgehead atoms. The minimum absolute atomic E-state index is 0. The van der Waals surface area contributed by atoms with Crippen LogP contribution in [0.5, 0.6) is 0 Å². The van der Waals surface area contributed by atoms with Crippen molar-refractivity contribution in [3.63, 3.8) is 0 Å². The summed E-state index contributed by atoms with van der Waals surface area (Å²) in [7, 11) is 1.58. The topological polar surface area (TPSA) is 240 Å². The largest absolute Gasteiger partial charge is 0.477 e. The Kier molecular flexibility index (Phi) is 14.8. The zero-order chi connectivity index (χ0) is 29.0. The predicted molar refractivity (Wildman–Crippen MR) is 167 cm³/mol. The van der Waals surface area contributed by atoms with E-state index in [-0.39, 0.29) is 83.2 Å². The Hall–Kier alpha value is -2.97. The number of nitrogen functional groups attached to an aromatic ring is 1. The Morgan fingerprint density at radius 3 is 2.53 bits per heavy atom. The molecule has 22 heteroatoms. The van der Waals surface area contributed by atoms with Crippen LogP contribution >= 0.6 is 60.5 Å². The molecule has 43 heavy (non-hydrogen) atoms. The number of carboxylic acid groups (broad SMARTS) is 1. The molecule has 0 radical (unpaired) electrons. The number of oxime groups is 1. The van der Waals surface area contributed by atoms with E-state index in [1.54, 1.807) is 7.05 Å². The van der Waals surface area contributed by atoms with Gasteiger partial charge >= 0.3 is 5.97 Å². The number of thioether (sulfide) groups is 1. The molecule has 0 unspecified atom stereocenters. The van der Waals surface area contributed by atoms with E-state index in [4.69, 9.17) is 17.2 Å². The van der Waals surface area contributed by atoms with Gasteiger partial charge in [0.2, 0.25) is 17.5 Å². The summed E-state index contributed by atoms with van der Waals surface area (Å²) in [6.45, 7) is -1.32. The molecule has 2 amide bonds. The second-order valence-corrected chi connectivity index (χ2v) is 10.9. The van der Waals surface area contributed by atoms with Gasteiger partial charge in [0, 0.05) is 35.9 Å². The number of anilines is 1. The SMILES string of the molecule is CN(/N=C/C1=C(C(=O)O)N2C(=O)[C@@H](NC(=O)/C(=N\OCF)c3nsc(N)n3)[C@H]2SC1)C(N)=NC1CCC(N)CC1.Cl.Cl.Cl. The minimum atomic E-state index is -1.34. The number of carbonyl (C=O) groups excluding carboxylic acids is 2. The quantitative estimate of drug-likeness (QED) is 0.101. The van der Waals surface area contributed by atoms with Gasteiger partial charge in [-0.05, 0) is 25.7 Å². The molecule has 240 valence electrons. The molecule has 0 aromatic carbocycles. The molecule has 1 aromatic heterocycles. The third-order valence-electron chi connectivity index (χ3n) is 6.33. The van der Waals surface area contributed by atoms with E-state index in [1.807, 2.05) is 0 Å². The standard InChI is InChI=1S/C21H28FN11O5S2.3ClH/c1-32(20(24)27-11-4-2-10(23)3-5-11)26-6-9-7-39-18-13(17(35)33(18)14(9)19(36)37)28-16(34)12(30-38-8-22)15-29-21(25)40-31-15;;;/h6,10-11,13,18H,2-5,7-8,23H2,1H3,(H2,24,27)(H,28,34)(H,36,37)(H2,25,29,31);3*1H/b26-6+,30-12-;;;/t10?,11?,13-,18-;;;/m1.../s1. The third kappa shape index (κ3) is 8.79. The van der Waals surface area contributed by atoms with Gasteiger partial charge in [-0.15, -0.1) is 49.0 Å². The average Bonchev–Trinajstić information content (AvgIpc) is 3.36. The Bertz CT molecular complexity index is 1290. The first-order valence-corrected chi connectivity index (χ1v) is 13.9. The van der Waals surface area contributed by atoms with E-state index in [1.165, 1.54) is 23.0 Å². The number of hydrazone groups is 1. The van der Waals surface area contributed by atoms with Gasteiger partial charge < -0.3 is 32.5 Å². The van der Waals surface area contributed by atoms with Crippen molar-refractivity contribution < 1.29 is 28.7 Å². The summed E-state index contributed by atoms with van der Waals surface area (Å²) in [6.07, 6.45) is 4.70. The summed E-state index contributed by atoms with van der Waals surface area (Å²) in [5.41, 5.74) is 17.1. The summed E-state index contributed by atoms with van der Waals surface area (Å²) < 4.78 is 16.4. The number of carboxylic acids is 1. The number of β-lactam (4-membered cyclic amide) rings is 1. The number of fused-ring (bicyclic) bond motifs is 1. The van der Waals surface area contributed by atoms with E-state index < -0.39 is 41.8 Å².